The van der Waals surface area contributed by atoms with Crippen LogP contribution in [0.2, 0.25) is 0 Å². The van der Waals surface area contributed by atoms with Gasteiger partial charge in [0.25, 0.3) is 10.0 Å². The molecule has 0 aromatic carbocycles. The predicted octanol–water partition coefficient (Wildman–Crippen LogP) is -0.0216. The van der Waals surface area contributed by atoms with Gasteiger partial charge in [-0.05, 0) is 26.8 Å². The second-order valence-corrected chi connectivity index (χ2v) is 8.21. The number of rotatable bonds is 3. The number of amides is 1. The zero-order valence-corrected chi connectivity index (χ0v) is 14.3. The van der Waals surface area contributed by atoms with Crippen LogP contribution >= 0.6 is 0 Å². The van der Waals surface area contributed by atoms with Gasteiger partial charge in [-0.2, -0.15) is 9.40 Å². The minimum atomic E-state index is -3.71. The molecule has 1 aliphatic heterocycles. The molecule has 2 heterocycles. The fraction of sp³-hybridized carbons (Fsp3) is 0.692. The first kappa shape index (κ1) is 17.7. The number of aromatic nitrogens is 2. The molecule has 0 radical (unpaired) electrons. The second kappa shape index (κ2) is 6.46. The van der Waals surface area contributed by atoms with E-state index in [0.29, 0.717) is 0 Å². The van der Waals surface area contributed by atoms with Gasteiger partial charge in [0.05, 0.1) is 12.2 Å². The summed E-state index contributed by atoms with van der Waals surface area (Å²) in [5.74, 6) is 0. The maximum Gasteiger partial charge on any atom is 0.410 e. The third-order valence-electron chi connectivity index (χ3n) is 3.41. The number of nitrogens with one attached hydrogen (secondary N) is 1. The van der Waals surface area contributed by atoms with Crippen molar-refractivity contribution in [2.75, 3.05) is 26.2 Å². The van der Waals surface area contributed by atoms with Crippen LogP contribution in [0.25, 0.3) is 0 Å². The molecule has 3 N–H and O–H groups in total. The van der Waals surface area contributed by atoms with Crippen LogP contribution in [-0.4, -0.2) is 71.7 Å². The van der Waals surface area contributed by atoms with Gasteiger partial charge in [0, 0.05) is 26.2 Å². The summed E-state index contributed by atoms with van der Waals surface area (Å²) in [7, 11) is -3.71. The number of sulfonamides is 1. The van der Waals surface area contributed by atoms with Crippen LogP contribution in [0, 0.1) is 0 Å². The lowest BCUT2D eigenvalue weighted by molar-refractivity contribution is 0.0138. The van der Waals surface area contributed by atoms with E-state index >= 15 is 0 Å². The standard InChI is InChI=1S/C13H23N5O4S/c1-13(2,3)22-12(19)17-6-7-18(10(8-14)9-17)23(20,21)11-4-5-15-16-11/h4-5,10H,6-9,14H2,1-3H3,(H,15,16). The number of hydrogen-bond donors (Lipinski definition) is 2. The molecular weight excluding hydrogens is 322 g/mol. The second-order valence-electron chi connectivity index (χ2n) is 6.35. The summed E-state index contributed by atoms with van der Waals surface area (Å²) in [6.45, 7) is 6.05. The third-order valence-corrected chi connectivity index (χ3v) is 5.30. The third kappa shape index (κ3) is 4.01. The molecule has 130 valence electrons. The number of H-pyrrole nitrogens is 1. The number of ether oxygens (including phenoxy) is 1. The van der Waals surface area contributed by atoms with Gasteiger partial charge < -0.3 is 15.4 Å². The summed E-state index contributed by atoms with van der Waals surface area (Å²) in [6.07, 6.45) is 0.913. The largest absolute Gasteiger partial charge is 0.444 e. The van der Waals surface area contributed by atoms with Crippen LogP contribution in [0.4, 0.5) is 4.79 Å². The lowest BCUT2D eigenvalue weighted by Crippen LogP contribution is -2.59. The lowest BCUT2D eigenvalue weighted by atomic mass is 10.2. The van der Waals surface area contributed by atoms with Crippen molar-refractivity contribution in [3.63, 3.8) is 0 Å². The molecule has 23 heavy (non-hydrogen) atoms. The number of hydrogen-bond acceptors (Lipinski definition) is 6. The molecule has 10 heteroatoms. The number of carbonyl (C=O) groups excluding carboxylic acids is 1. The number of piperazine rings is 1. The Morgan fingerprint density at radius 2 is 2.17 bits per heavy atom. The Morgan fingerprint density at radius 3 is 2.70 bits per heavy atom. The minimum absolute atomic E-state index is 0.0154. The van der Waals surface area contributed by atoms with Crippen LogP contribution in [0.1, 0.15) is 20.8 Å². The summed E-state index contributed by atoms with van der Waals surface area (Å²) in [5.41, 5.74) is 5.12. The van der Waals surface area contributed by atoms with Gasteiger partial charge in [-0.15, -0.1) is 0 Å². The summed E-state index contributed by atoms with van der Waals surface area (Å²) >= 11 is 0. The van der Waals surface area contributed by atoms with E-state index in [4.69, 9.17) is 10.5 Å². The van der Waals surface area contributed by atoms with Crippen LogP contribution in [0.5, 0.6) is 0 Å². The Labute approximate surface area is 135 Å². The quantitative estimate of drug-likeness (QED) is 0.794. The highest BCUT2D eigenvalue weighted by Gasteiger charge is 2.38. The van der Waals surface area contributed by atoms with Crippen molar-refractivity contribution in [3.8, 4) is 0 Å². The molecule has 2 rings (SSSR count). The maximum absolute atomic E-state index is 12.6. The van der Waals surface area contributed by atoms with E-state index < -0.39 is 27.8 Å². The molecule has 1 amide bonds. The highest BCUT2D eigenvalue weighted by atomic mass is 32.2. The molecule has 1 aromatic heterocycles. The van der Waals surface area contributed by atoms with Crippen molar-refractivity contribution >= 4 is 16.1 Å². The van der Waals surface area contributed by atoms with Crippen LogP contribution in [0.3, 0.4) is 0 Å². The van der Waals surface area contributed by atoms with Crippen molar-refractivity contribution in [2.45, 2.75) is 37.4 Å². The first-order valence-corrected chi connectivity index (χ1v) is 8.78. The van der Waals surface area contributed by atoms with E-state index in [-0.39, 0.29) is 31.2 Å². The zero-order chi connectivity index (χ0) is 17.3. The summed E-state index contributed by atoms with van der Waals surface area (Å²) < 4.78 is 31.8. The first-order valence-electron chi connectivity index (χ1n) is 7.34. The molecule has 1 atom stereocenters. The molecule has 1 saturated heterocycles. The average Bonchev–Trinajstić information content (AvgIpc) is 2.99. The lowest BCUT2D eigenvalue weighted by Gasteiger charge is -2.40. The van der Waals surface area contributed by atoms with Gasteiger partial charge >= 0.3 is 6.09 Å². The number of carbonyl (C=O) groups is 1. The molecular formula is C13H23N5O4S. The molecule has 1 aromatic rings. The zero-order valence-electron chi connectivity index (χ0n) is 13.5. The van der Waals surface area contributed by atoms with E-state index in [1.165, 1.54) is 21.5 Å². The molecule has 0 saturated carbocycles. The van der Waals surface area contributed by atoms with E-state index in [2.05, 4.69) is 10.2 Å². The SMILES string of the molecule is CC(C)(C)OC(=O)N1CCN(S(=O)(=O)c2ccn[nH]2)C(CN)C1. The van der Waals surface area contributed by atoms with Crippen molar-refractivity contribution in [2.24, 2.45) is 5.73 Å². The monoisotopic (exact) mass is 345 g/mol. The van der Waals surface area contributed by atoms with Gasteiger partial charge in [0.15, 0.2) is 5.03 Å². The maximum atomic E-state index is 12.6. The first-order chi connectivity index (χ1) is 10.6. The van der Waals surface area contributed by atoms with Crippen molar-refractivity contribution < 1.29 is 17.9 Å². The van der Waals surface area contributed by atoms with E-state index in [9.17, 15) is 13.2 Å². The van der Waals surface area contributed by atoms with Gasteiger partial charge in [-0.3, -0.25) is 5.10 Å². The fourth-order valence-corrected chi connectivity index (χ4v) is 3.87. The van der Waals surface area contributed by atoms with E-state index in [0.717, 1.165) is 0 Å². The Bertz CT molecular complexity index is 638. The van der Waals surface area contributed by atoms with E-state index in [1.54, 1.807) is 20.8 Å². The molecule has 0 bridgehead atoms. The number of nitrogens with zero attached hydrogens (tertiary/aromatic N) is 3. The van der Waals surface area contributed by atoms with Crippen LogP contribution in [-0.2, 0) is 14.8 Å². The Hall–Kier alpha value is -1.65. The molecule has 9 nitrogen and oxygen atoms in total. The number of nitrogens with two attached hydrogens (primary N) is 1. The topological polar surface area (TPSA) is 122 Å². The highest BCUT2D eigenvalue weighted by Crippen LogP contribution is 2.21. The highest BCUT2D eigenvalue weighted by molar-refractivity contribution is 7.89. The predicted molar refractivity (Wildman–Crippen MR) is 83.1 cm³/mol. The van der Waals surface area contributed by atoms with Gasteiger partial charge in [0.2, 0.25) is 0 Å². The Balaban J connectivity index is 2.12. The summed E-state index contributed by atoms with van der Waals surface area (Å²) in [4.78, 5) is 13.6. The molecule has 0 spiro atoms. The number of aromatic amines is 1. The van der Waals surface area contributed by atoms with Crippen LogP contribution < -0.4 is 5.73 Å². The van der Waals surface area contributed by atoms with Crippen LogP contribution in [0.15, 0.2) is 17.3 Å². The molecule has 1 fully saturated rings. The minimum Gasteiger partial charge on any atom is -0.444 e. The normalized spacial score (nSPS) is 20.5. The average molecular weight is 345 g/mol. The summed E-state index contributed by atoms with van der Waals surface area (Å²) in [5, 5.41) is 6.15. The smallest absolute Gasteiger partial charge is 0.410 e. The van der Waals surface area contributed by atoms with Crippen molar-refractivity contribution in [1.82, 2.24) is 19.4 Å². The van der Waals surface area contributed by atoms with Gasteiger partial charge in [-0.1, -0.05) is 0 Å². The molecule has 1 aliphatic rings. The molecule has 0 aliphatic carbocycles. The summed E-state index contributed by atoms with van der Waals surface area (Å²) in [6, 6.07) is 0.882. The molecule has 1 unspecified atom stereocenters. The Kier molecular flexibility index (Phi) is 4.97. The van der Waals surface area contributed by atoms with Gasteiger partial charge in [0.1, 0.15) is 5.60 Å². The van der Waals surface area contributed by atoms with Crippen molar-refractivity contribution in [1.29, 1.82) is 0 Å². The van der Waals surface area contributed by atoms with Crippen molar-refractivity contribution in [3.05, 3.63) is 12.3 Å². The van der Waals surface area contributed by atoms with Gasteiger partial charge in [-0.25, -0.2) is 13.2 Å². The van der Waals surface area contributed by atoms with E-state index in [1.807, 2.05) is 0 Å². The fourth-order valence-electron chi connectivity index (χ4n) is 2.35. The Morgan fingerprint density at radius 1 is 1.48 bits per heavy atom.